The SMILES string of the molecule is NC(=O)c1nn(CC(=O)NCc2cccc(Cl)c2F)c2cccc(C3CNC3)c12. The number of aromatic nitrogens is 2. The predicted molar refractivity (Wildman–Crippen MR) is 107 cm³/mol. The summed E-state index contributed by atoms with van der Waals surface area (Å²) >= 11 is 5.76. The van der Waals surface area contributed by atoms with Crippen LogP contribution in [0.25, 0.3) is 10.9 Å². The quantitative estimate of drug-likeness (QED) is 0.572. The molecule has 0 aliphatic carbocycles. The third kappa shape index (κ3) is 3.68. The molecule has 150 valence electrons. The van der Waals surface area contributed by atoms with Gasteiger partial charge in [0.25, 0.3) is 5.91 Å². The molecule has 0 saturated carbocycles. The average molecular weight is 416 g/mol. The summed E-state index contributed by atoms with van der Waals surface area (Å²) in [7, 11) is 0. The van der Waals surface area contributed by atoms with E-state index in [1.165, 1.54) is 10.7 Å². The standard InChI is InChI=1S/C20H19ClFN5O2/c21-14-5-1-3-11(18(14)22)9-25-16(28)10-27-15-6-2-4-13(12-7-24-8-12)17(15)19(26-27)20(23)29/h1-6,12,24H,7-10H2,(H2,23,29)(H,25,28). The topological polar surface area (TPSA) is 102 Å². The van der Waals surface area contributed by atoms with Gasteiger partial charge in [0.1, 0.15) is 12.4 Å². The van der Waals surface area contributed by atoms with Gasteiger partial charge < -0.3 is 16.4 Å². The molecule has 9 heteroatoms. The van der Waals surface area contributed by atoms with Gasteiger partial charge in [-0.25, -0.2) is 4.39 Å². The minimum atomic E-state index is -0.644. The van der Waals surface area contributed by atoms with E-state index in [1.54, 1.807) is 18.2 Å². The van der Waals surface area contributed by atoms with E-state index < -0.39 is 11.7 Å². The third-order valence-electron chi connectivity index (χ3n) is 5.07. The second-order valence-corrected chi connectivity index (χ2v) is 7.36. The van der Waals surface area contributed by atoms with Crippen LogP contribution in [0, 0.1) is 5.82 Å². The maximum absolute atomic E-state index is 14.0. The van der Waals surface area contributed by atoms with Gasteiger partial charge in [0, 0.05) is 36.5 Å². The Morgan fingerprint density at radius 2 is 2.03 bits per heavy atom. The molecule has 2 heterocycles. The Bertz CT molecular complexity index is 1110. The van der Waals surface area contributed by atoms with Crippen molar-refractivity contribution in [2.75, 3.05) is 13.1 Å². The molecule has 0 atom stereocenters. The van der Waals surface area contributed by atoms with Crippen molar-refractivity contribution in [1.29, 1.82) is 0 Å². The van der Waals surface area contributed by atoms with Gasteiger partial charge in [0.2, 0.25) is 5.91 Å². The number of nitrogens with zero attached hydrogens (tertiary/aromatic N) is 2. The Morgan fingerprint density at radius 1 is 1.28 bits per heavy atom. The number of hydrogen-bond acceptors (Lipinski definition) is 4. The van der Waals surface area contributed by atoms with Gasteiger partial charge in [-0.15, -0.1) is 0 Å². The first-order valence-electron chi connectivity index (χ1n) is 9.15. The second kappa shape index (κ2) is 7.81. The zero-order valence-corrected chi connectivity index (χ0v) is 16.2. The first kappa shape index (κ1) is 19.4. The summed E-state index contributed by atoms with van der Waals surface area (Å²) in [6, 6.07) is 10.2. The van der Waals surface area contributed by atoms with Gasteiger partial charge in [-0.2, -0.15) is 5.10 Å². The molecule has 0 radical (unpaired) electrons. The lowest BCUT2D eigenvalue weighted by Gasteiger charge is -2.28. The van der Waals surface area contributed by atoms with Crippen LogP contribution in [0.2, 0.25) is 5.02 Å². The molecule has 3 aromatic rings. The van der Waals surface area contributed by atoms with E-state index in [0.29, 0.717) is 10.9 Å². The summed E-state index contributed by atoms with van der Waals surface area (Å²) in [4.78, 5) is 24.4. The van der Waals surface area contributed by atoms with Crippen LogP contribution in [0.5, 0.6) is 0 Å². The fourth-order valence-corrected chi connectivity index (χ4v) is 3.66. The first-order chi connectivity index (χ1) is 14.0. The normalized spacial score (nSPS) is 14.0. The molecule has 2 amide bonds. The minimum absolute atomic E-state index is 0.000988. The number of carbonyl (C=O) groups is 2. The number of hydrogen-bond donors (Lipinski definition) is 3. The number of benzene rings is 2. The summed E-state index contributed by atoms with van der Waals surface area (Å²) in [5.74, 6) is -1.31. The van der Waals surface area contributed by atoms with Gasteiger partial charge in [0.05, 0.1) is 10.5 Å². The summed E-state index contributed by atoms with van der Waals surface area (Å²) < 4.78 is 15.4. The molecule has 1 fully saturated rings. The molecule has 29 heavy (non-hydrogen) atoms. The van der Waals surface area contributed by atoms with E-state index in [0.717, 1.165) is 18.7 Å². The predicted octanol–water partition coefficient (Wildman–Crippen LogP) is 1.93. The van der Waals surface area contributed by atoms with Crippen molar-refractivity contribution < 1.29 is 14.0 Å². The van der Waals surface area contributed by atoms with Crippen molar-refractivity contribution in [2.24, 2.45) is 5.73 Å². The maximum Gasteiger partial charge on any atom is 0.269 e. The van der Waals surface area contributed by atoms with Crippen molar-refractivity contribution in [3.63, 3.8) is 0 Å². The Kier molecular flexibility index (Phi) is 5.21. The molecule has 7 nitrogen and oxygen atoms in total. The Labute approximate surface area is 171 Å². The molecule has 1 aromatic heterocycles. The zero-order valence-electron chi connectivity index (χ0n) is 15.4. The van der Waals surface area contributed by atoms with E-state index in [-0.39, 0.29) is 41.2 Å². The lowest BCUT2D eigenvalue weighted by atomic mass is 9.90. The molecule has 2 aromatic carbocycles. The molecule has 1 aliphatic heterocycles. The molecule has 0 spiro atoms. The van der Waals surface area contributed by atoms with Crippen LogP contribution in [0.3, 0.4) is 0 Å². The first-order valence-corrected chi connectivity index (χ1v) is 9.53. The molecule has 4 N–H and O–H groups in total. The van der Waals surface area contributed by atoms with Crippen molar-refractivity contribution in [3.05, 3.63) is 64.1 Å². The smallest absolute Gasteiger partial charge is 0.269 e. The zero-order chi connectivity index (χ0) is 20.5. The fraction of sp³-hybridized carbons (Fsp3) is 0.250. The van der Waals surface area contributed by atoms with Crippen LogP contribution in [-0.4, -0.2) is 34.7 Å². The van der Waals surface area contributed by atoms with Crippen molar-refractivity contribution in [2.45, 2.75) is 19.0 Å². The summed E-state index contributed by atoms with van der Waals surface area (Å²) in [6.45, 7) is 1.49. The van der Waals surface area contributed by atoms with Gasteiger partial charge >= 0.3 is 0 Å². The van der Waals surface area contributed by atoms with Gasteiger partial charge in [0.15, 0.2) is 5.69 Å². The minimum Gasteiger partial charge on any atom is -0.364 e. The highest BCUT2D eigenvalue weighted by Gasteiger charge is 2.26. The Hall–Kier alpha value is -2.97. The van der Waals surface area contributed by atoms with Crippen LogP contribution in [-0.2, 0) is 17.9 Å². The highest BCUT2D eigenvalue weighted by Crippen LogP contribution is 2.30. The van der Waals surface area contributed by atoms with Gasteiger partial charge in [-0.3, -0.25) is 14.3 Å². The van der Waals surface area contributed by atoms with Crippen LogP contribution >= 0.6 is 11.6 Å². The Balaban J connectivity index is 1.58. The number of carbonyl (C=O) groups excluding carboxylic acids is 2. The number of fused-ring (bicyclic) bond motifs is 1. The molecule has 0 bridgehead atoms. The largest absolute Gasteiger partial charge is 0.364 e. The fourth-order valence-electron chi connectivity index (χ4n) is 3.47. The van der Waals surface area contributed by atoms with Gasteiger partial charge in [-0.05, 0) is 17.7 Å². The van der Waals surface area contributed by atoms with Crippen LogP contribution in [0.15, 0.2) is 36.4 Å². The van der Waals surface area contributed by atoms with E-state index in [2.05, 4.69) is 15.7 Å². The Morgan fingerprint density at radius 3 is 2.72 bits per heavy atom. The summed E-state index contributed by atoms with van der Waals surface area (Å²) in [5.41, 5.74) is 7.62. The molecule has 4 rings (SSSR count). The molecule has 0 unspecified atom stereocenters. The highest BCUT2D eigenvalue weighted by atomic mass is 35.5. The third-order valence-corrected chi connectivity index (χ3v) is 5.36. The molecular formula is C20H19ClFN5O2. The molecule has 1 aliphatic rings. The monoisotopic (exact) mass is 415 g/mol. The molecule has 1 saturated heterocycles. The summed E-state index contributed by atoms with van der Waals surface area (Å²) in [5, 5.41) is 10.8. The van der Waals surface area contributed by atoms with E-state index in [9.17, 15) is 14.0 Å². The summed E-state index contributed by atoms with van der Waals surface area (Å²) in [6.07, 6.45) is 0. The van der Waals surface area contributed by atoms with Crippen molar-refractivity contribution in [3.8, 4) is 0 Å². The van der Waals surface area contributed by atoms with E-state index in [4.69, 9.17) is 17.3 Å². The van der Waals surface area contributed by atoms with Gasteiger partial charge in [-0.1, -0.05) is 35.9 Å². The lowest BCUT2D eigenvalue weighted by molar-refractivity contribution is -0.121. The van der Waals surface area contributed by atoms with Crippen molar-refractivity contribution in [1.82, 2.24) is 20.4 Å². The average Bonchev–Trinajstić information content (AvgIpc) is 3.01. The number of halogens is 2. The highest BCUT2D eigenvalue weighted by molar-refractivity contribution is 6.30. The maximum atomic E-state index is 14.0. The van der Waals surface area contributed by atoms with Crippen molar-refractivity contribution >= 4 is 34.3 Å². The number of rotatable bonds is 6. The number of nitrogens with two attached hydrogens (primary N) is 1. The van der Waals surface area contributed by atoms with Crippen LogP contribution in [0.1, 0.15) is 27.5 Å². The number of primary amides is 1. The number of nitrogens with one attached hydrogen (secondary N) is 2. The van der Waals surface area contributed by atoms with E-state index >= 15 is 0 Å². The molecular weight excluding hydrogens is 397 g/mol. The van der Waals surface area contributed by atoms with Crippen LogP contribution < -0.4 is 16.4 Å². The number of amides is 2. The van der Waals surface area contributed by atoms with E-state index in [1.807, 2.05) is 12.1 Å². The second-order valence-electron chi connectivity index (χ2n) is 6.96. The van der Waals surface area contributed by atoms with Crippen LogP contribution in [0.4, 0.5) is 4.39 Å². The lowest BCUT2D eigenvalue weighted by Crippen LogP contribution is -2.40.